The highest BCUT2D eigenvalue weighted by atomic mass is 16.7. The van der Waals surface area contributed by atoms with Crippen LogP contribution in [0.1, 0.15) is 163 Å². The number of carbonyl (C=O) groups excluding carboxylic acids is 4. The zero-order valence-corrected chi connectivity index (χ0v) is 29.6. The lowest BCUT2D eigenvalue weighted by atomic mass is 9.96. The Hall–Kier alpha value is -2.20. The van der Waals surface area contributed by atoms with Crippen molar-refractivity contribution in [2.45, 2.75) is 194 Å². The summed E-state index contributed by atoms with van der Waals surface area (Å²) < 4.78 is 22.8. The number of hydrogen-bond donors (Lipinski definition) is 1. The molecule has 0 spiro atoms. The Morgan fingerprint density at radius 1 is 0.565 bits per heavy atom. The number of rotatable bonds is 26. The topological polar surface area (TPSA) is 129 Å². The van der Waals surface area contributed by atoms with Crippen LogP contribution in [0.4, 0.5) is 0 Å². The summed E-state index contributed by atoms with van der Waals surface area (Å²) in [6.07, 6.45) is 15.8. The van der Waals surface area contributed by atoms with Crippen molar-refractivity contribution in [2.24, 2.45) is 0 Å². The quantitative estimate of drug-likeness (QED) is 0.0586. The number of ether oxygens (including phenoxy) is 4. The Kier molecular flexibility index (Phi) is 23.5. The van der Waals surface area contributed by atoms with Gasteiger partial charge in [-0.2, -0.15) is 0 Å². The Bertz CT molecular complexity index is 851. The minimum Gasteiger partial charge on any atom is -0.456 e. The molecule has 0 bridgehead atoms. The van der Waals surface area contributed by atoms with E-state index in [0.717, 1.165) is 51.4 Å². The van der Waals surface area contributed by atoms with Gasteiger partial charge < -0.3 is 29.0 Å². The molecule has 46 heavy (non-hydrogen) atoms. The summed E-state index contributed by atoms with van der Waals surface area (Å²) in [4.78, 5) is 51.8. The van der Waals surface area contributed by atoms with E-state index in [9.17, 15) is 24.3 Å². The largest absolute Gasteiger partial charge is 0.456 e. The molecule has 10 nitrogen and oxygen atoms in total. The Balaban J connectivity index is 3.03. The fourth-order valence-corrected chi connectivity index (χ4v) is 6.16. The maximum Gasteiger partial charge on any atom is 0.303 e. The van der Waals surface area contributed by atoms with E-state index in [1.54, 1.807) is 4.90 Å². The van der Waals surface area contributed by atoms with Gasteiger partial charge in [0.2, 0.25) is 5.91 Å². The molecule has 0 saturated carbocycles. The zero-order chi connectivity index (χ0) is 34.2. The van der Waals surface area contributed by atoms with Crippen molar-refractivity contribution < 1.29 is 43.2 Å². The second kappa shape index (κ2) is 25.8. The van der Waals surface area contributed by atoms with Gasteiger partial charge in [-0.1, -0.05) is 123 Å². The van der Waals surface area contributed by atoms with Crippen LogP contribution >= 0.6 is 0 Å². The lowest BCUT2D eigenvalue weighted by molar-refractivity contribution is -0.275. The first-order valence-electron chi connectivity index (χ1n) is 18.2. The van der Waals surface area contributed by atoms with Gasteiger partial charge >= 0.3 is 17.9 Å². The van der Waals surface area contributed by atoms with Gasteiger partial charge in [-0.25, -0.2) is 0 Å². The molecule has 0 aromatic carbocycles. The Morgan fingerprint density at radius 2 is 0.957 bits per heavy atom. The van der Waals surface area contributed by atoms with E-state index in [0.29, 0.717) is 13.0 Å². The van der Waals surface area contributed by atoms with Crippen molar-refractivity contribution >= 4 is 23.8 Å². The van der Waals surface area contributed by atoms with Crippen LogP contribution in [0.2, 0.25) is 0 Å². The summed E-state index contributed by atoms with van der Waals surface area (Å²) in [5.41, 5.74) is 0. The van der Waals surface area contributed by atoms with E-state index >= 15 is 0 Å². The third-order valence-corrected chi connectivity index (χ3v) is 8.57. The lowest BCUT2D eigenvalue weighted by Gasteiger charge is -2.47. The van der Waals surface area contributed by atoms with Gasteiger partial charge in [0.1, 0.15) is 6.10 Å². The Labute approximate surface area is 278 Å². The van der Waals surface area contributed by atoms with E-state index in [1.807, 2.05) is 0 Å². The van der Waals surface area contributed by atoms with Gasteiger partial charge in [-0.15, -0.1) is 0 Å². The maximum absolute atomic E-state index is 13.8. The molecule has 1 aliphatic heterocycles. The number of nitrogens with zero attached hydrogens (tertiary/aromatic N) is 1. The number of unbranched alkanes of at least 4 members (excludes halogenated alkanes) is 17. The summed E-state index contributed by atoms with van der Waals surface area (Å²) >= 11 is 0. The second-order valence-electron chi connectivity index (χ2n) is 12.8. The van der Waals surface area contributed by atoms with Crippen LogP contribution in [-0.2, 0) is 38.1 Å². The highest BCUT2D eigenvalue weighted by molar-refractivity contribution is 5.76. The highest BCUT2D eigenvalue weighted by Crippen LogP contribution is 2.31. The van der Waals surface area contributed by atoms with E-state index in [4.69, 9.17) is 18.9 Å². The van der Waals surface area contributed by atoms with Gasteiger partial charge in [-0.05, 0) is 12.8 Å². The van der Waals surface area contributed by atoms with Crippen LogP contribution in [0.25, 0.3) is 0 Å². The van der Waals surface area contributed by atoms with Crippen molar-refractivity contribution in [3.8, 4) is 0 Å². The molecule has 268 valence electrons. The van der Waals surface area contributed by atoms with Crippen LogP contribution in [0.15, 0.2) is 0 Å². The molecule has 0 aromatic rings. The number of aliphatic hydroxyl groups excluding tert-OH is 1. The first-order valence-corrected chi connectivity index (χ1v) is 18.2. The predicted molar refractivity (Wildman–Crippen MR) is 178 cm³/mol. The monoisotopic (exact) mass is 655 g/mol. The molecule has 0 aromatic heterocycles. The Morgan fingerprint density at radius 3 is 1.39 bits per heavy atom. The summed E-state index contributed by atoms with van der Waals surface area (Å²) in [5, 5.41) is 10.2. The van der Waals surface area contributed by atoms with Crippen molar-refractivity contribution in [3.05, 3.63) is 0 Å². The van der Waals surface area contributed by atoms with Crippen LogP contribution in [0.5, 0.6) is 0 Å². The molecule has 0 aliphatic carbocycles. The maximum atomic E-state index is 13.8. The number of amides is 1. The highest BCUT2D eigenvalue weighted by Gasteiger charge is 2.53. The van der Waals surface area contributed by atoms with Gasteiger partial charge in [0, 0.05) is 33.7 Å². The molecule has 10 heteroatoms. The molecule has 1 saturated heterocycles. The van der Waals surface area contributed by atoms with Gasteiger partial charge in [-0.3, -0.25) is 19.2 Å². The molecule has 0 unspecified atom stereocenters. The first kappa shape index (κ1) is 41.8. The average Bonchev–Trinajstić information content (AvgIpc) is 3.00. The number of carbonyl (C=O) groups is 4. The predicted octanol–water partition coefficient (Wildman–Crippen LogP) is 7.17. The number of aliphatic hydroxyl groups is 1. The number of hydrogen-bond acceptors (Lipinski definition) is 9. The molecule has 1 heterocycles. The standard InChI is InChI=1S/C36H65NO9/c1-6-8-10-12-14-16-18-20-22-24-26-37(32(42)25-23-21-19-17-15-13-11-9-7-2)36-35(45-30(5)41)34(44-29(4)40)33(43-28(3)39)31(27-38)46-36/h31,33-36,38H,6-27H2,1-5H3/t31-,33-,34+,35-,36-/m1/s1. The van der Waals surface area contributed by atoms with Crippen LogP contribution in [0, 0.1) is 0 Å². The minimum absolute atomic E-state index is 0.148. The molecule has 1 N–H and O–H groups in total. The molecular weight excluding hydrogens is 590 g/mol. The summed E-state index contributed by atoms with van der Waals surface area (Å²) in [6.45, 7) is 7.84. The SMILES string of the molecule is CCCCCCCCCCCCN(C(=O)CCCCCCCCCCC)[C@@H]1O[C@H](CO)[C@@H](OC(C)=O)[C@H](OC(C)=O)[C@H]1OC(C)=O. The van der Waals surface area contributed by atoms with Gasteiger partial charge in [0.15, 0.2) is 24.5 Å². The molecule has 1 fully saturated rings. The zero-order valence-electron chi connectivity index (χ0n) is 29.6. The molecular formula is C36H65NO9. The van der Waals surface area contributed by atoms with Gasteiger partial charge in [0.25, 0.3) is 0 Å². The lowest BCUT2D eigenvalue weighted by Crippen LogP contribution is -2.66. The third kappa shape index (κ3) is 17.6. The third-order valence-electron chi connectivity index (χ3n) is 8.57. The van der Waals surface area contributed by atoms with Crippen molar-refractivity contribution in [3.63, 3.8) is 0 Å². The summed E-state index contributed by atoms with van der Waals surface area (Å²) in [7, 11) is 0. The van der Waals surface area contributed by atoms with Crippen molar-refractivity contribution in [2.75, 3.05) is 13.2 Å². The average molecular weight is 656 g/mol. The molecule has 0 radical (unpaired) electrons. The first-order chi connectivity index (χ1) is 22.2. The number of esters is 3. The van der Waals surface area contributed by atoms with Crippen molar-refractivity contribution in [1.82, 2.24) is 4.90 Å². The molecule has 1 rings (SSSR count). The second-order valence-corrected chi connectivity index (χ2v) is 12.8. The van der Waals surface area contributed by atoms with E-state index in [1.165, 1.54) is 91.4 Å². The van der Waals surface area contributed by atoms with Crippen LogP contribution < -0.4 is 0 Å². The molecule has 1 amide bonds. The summed E-state index contributed by atoms with van der Waals surface area (Å²) in [6, 6.07) is 0. The molecule has 1 aliphatic rings. The van der Waals surface area contributed by atoms with E-state index in [2.05, 4.69) is 13.8 Å². The van der Waals surface area contributed by atoms with Crippen molar-refractivity contribution in [1.29, 1.82) is 0 Å². The van der Waals surface area contributed by atoms with Crippen LogP contribution in [0.3, 0.4) is 0 Å². The fraction of sp³-hybridized carbons (Fsp3) is 0.889. The summed E-state index contributed by atoms with van der Waals surface area (Å²) in [5.74, 6) is -2.16. The van der Waals surface area contributed by atoms with E-state index < -0.39 is 55.2 Å². The van der Waals surface area contributed by atoms with E-state index in [-0.39, 0.29) is 5.91 Å². The molecule has 5 atom stereocenters. The smallest absolute Gasteiger partial charge is 0.303 e. The van der Waals surface area contributed by atoms with Gasteiger partial charge in [0.05, 0.1) is 6.61 Å². The normalized spacial score (nSPS) is 21.0. The minimum atomic E-state index is -1.27. The van der Waals surface area contributed by atoms with Crippen LogP contribution in [-0.4, -0.2) is 77.6 Å². The fourth-order valence-electron chi connectivity index (χ4n) is 6.16.